The lowest BCUT2D eigenvalue weighted by Crippen LogP contribution is -2.02. The zero-order chi connectivity index (χ0) is 21.1. The van der Waals surface area contributed by atoms with E-state index in [2.05, 4.69) is 46.0 Å². The molecule has 0 atom stereocenters. The summed E-state index contributed by atoms with van der Waals surface area (Å²) in [4.78, 5) is 10.2. The zero-order valence-corrected chi connectivity index (χ0v) is 20.3. The fourth-order valence-electron chi connectivity index (χ4n) is 3.82. The largest absolute Gasteiger partial charge is 0.454 e. The standard InChI is InChI=1S/C22H27IN4O2S/c1-3-14(4-2)7-5-6-10-27-16-8-9-25-21(24)20(16)26-22(27)30-19-12-18-17(11-15(19)23)28-13-29-18/h8-9,11-12,14H,3-7,10,13H2,1-2H3,(H2,24,25). The summed E-state index contributed by atoms with van der Waals surface area (Å²) in [6.45, 7) is 5.77. The smallest absolute Gasteiger partial charge is 0.231 e. The molecular weight excluding hydrogens is 511 g/mol. The van der Waals surface area contributed by atoms with Gasteiger partial charge >= 0.3 is 0 Å². The van der Waals surface area contributed by atoms with E-state index in [9.17, 15) is 0 Å². The molecule has 0 spiro atoms. The zero-order valence-electron chi connectivity index (χ0n) is 17.4. The van der Waals surface area contributed by atoms with Gasteiger partial charge in [0.15, 0.2) is 22.5 Å². The summed E-state index contributed by atoms with van der Waals surface area (Å²) in [5.41, 5.74) is 7.95. The van der Waals surface area contributed by atoms with Crippen LogP contribution in [0.1, 0.15) is 46.0 Å². The fraction of sp³-hybridized carbons (Fsp3) is 0.455. The van der Waals surface area contributed by atoms with Gasteiger partial charge in [-0.15, -0.1) is 0 Å². The Morgan fingerprint density at radius 3 is 2.73 bits per heavy atom. The summed E-state index contributed by atoms with van der Waals surface area (Å²) in [5.74, 6) is 2.89. The first-order valence-electron chi connectivity index (χ1n) is 10.5. The minimum atomic E-state index is 0.275. The number of nitrogen functional groups attached to an aromatic ring is 1. The average Bonchev–Trinajstić information content (AvgIpc) is 3.33. The Bertz CT molecular complexity index is 1040. The van der Waals surface area contributed by atoms with E-state index in [0.29, 0.717) is 5.82 Å². The third kappa shape index (κ3) is 4.49. The van der Waals surface area contributed by atoms with Gasteiger partial charge in [0.2, 0.25) is 6.79 Å². The molecule has 3 aromatic rings. The van der Waals surface area contributed by atoms with Gasteiger partial charge in [-0.3, -0.25) is 0 Å². The maximum Gasteiger partial charge on any atom is 0.231 e. The monoisotopic (exact) mass is 538 g/mol. The number of fused-ring (bicyclic) bond motifs is 2. The Balaban J connectivity index is 1.59. The van der Waals surface area contributed by atoms with Crippen LogP contribution in [0.2, 0.25) is 0 Å². The fourth-order valence-corrected chi connectivity index (χ4v) is 5.54. The van der Waals surface area contributed by atoms with E-state index in [0.717, 1.165) is 55.0 Å². The number of pyridine rings is 1. The molecule has 2 N–H and O–H groups in total. The highest BCUT2D eigenvalue weighted by Gasteiger charge is 2.20. The number of aryl methyl sites for hydroxylation is 1. The number of hydrogen-bond acceptors (Lipinski definition) is 6. The number of rotatable bonds is 9. The molecule has 0 amide bonds. The first-order chi connectivity index (χ1) is 14.6. The van der Waals surface area contributed by atoms with Crippen LogP contribution in [0.4, 0.5) is 5.82 Å². The van der Waals surface area contributed by atoms with Gasteiger partial charge in [0, 0.05) is 21.2 Å². The molecule has 4 rings (SSSR count). The normalized spacial score (nSPS) is 12.9. The Morgan fingerprint density at radius 2 is 1.97 bits per heavy atom. The summed E-state index contributed by atoms with van der Waals surface area (Å²) in [6, 6.07) is 6.06. The summed E-state index contributed by atoms with van der Waals surface area (Å²) in [5, 5.41) is 0.934. The Morgan fingerprint density at radius 1 is 1.20 bits per heavy atom. The number of benzene rings is 1. The van der Waals surface area contributed by atoms with Crippen molar-refractivity contribution in [1.82, 2.24) is 14.5 Å². The lowest BCUT2D eigenvalue weighted by atomic mass is 9.97. The summed E-state index contributed by atoms with van der Waals surface area (Å²) >= 11 is 3.98. The SMILES string of the molecule is CCC(CC)CCCCn1c(Sc2cc3c(cc2I)OCO3)nc2c(N)nccc21. The number of anilines is 1. The van der Waals surface area contributed by atoms with Crippen LogP contribution in [0.25, 0.3) is 11.0 Å². The minimum Gasteiger partial charge on any atom is -0.454 e. The summed E-state index contributed by atoms with van der Waals surface area (Å²) in [6.07, 6.45) is 7.91. The molecular formula is C22H27IN4O2S. The highest BCUT2D eigenvalue weighted by Crippen LogP contribution is 2.41. The van der Waals surface area contributed by atoms with Gasteiger partial charge in [0.1, 0.15) is 5.52 Å². The maximum absolute atomic E-state index is 6.13. The lowest BCUT2D eigenvalue weighted by Gasteiger charge is -2.13. The first-order valence-corrected chi connectivity index (χ1v) is 12.4. The molecule has 2 aromatic heterocycles. The van der Waals surface area contributed by atoms with E-state index in [1.165, 1.54) is 25.7 Å². The van der Waals surface area contributed by atoms with Gasteiger partial charge in [-0.2, -0.15) is 0 Å². The number of halogens is 1. The molecule has 160 valence electrons. The average molecular weight is 538 g/mol. The molecule has 30 heavy (non-hydrogen) atoms. The van der Waals surface area contributed by atoms with Crippen molar-refractivity contribution in [2.24, 2.45) is 5.92 Å². The molecule has 1 aromatic carbocycles. The Kier molecular flexibility index (Phi) is 6.92. The van der Waals surface area contributed by atoms with Crippen molar-refractivity contribution < 1.29 is 9.47 Å². The number of hydrogen-bond donors (Lipinski definition) is 1. The maximum atomic E-state index is 6.13. The van der Waals surface area contributed by atoms with E-state index in [1.807, 2.05) is 18.2 Å². The van der Waals surface area contributed by atoms with Gasteiger partial charge in [0.25, 0.3) is 0 Å². The molecule has 3 heterocycles. The number of imidazole rings is 1. The second kappa shape index (κ2) is 9.64. The van der Waals surface area contributed by atoms with Crippen molar-refractivity contribution in [3.8, 4) is 11.5 Å². The minimum absolute atomic E-state index is 0.275. The number of unbranched alkanes of at least 4 members (excludes halogenated alkanes) is 1. The van der Waals surface area contributed by atoms with Gasteiger partial charge < -0.3 is 19.8 Å². The van der Waals surface area contributed by atoms with Crippen molar-refractivity contribution in [3.05, 3.63) is 28.0 Å². The first kappa shape index (κ1) is 21.5. The summed E-state index contributed by atoms with van der Waals surface area (Å²) in [7, 11) is 0. The predicted octanol–water partition coefficient (Wildman–Crippen LogP) is 6.10. The molecule has 0 unspecified atom stereocenters. The highest BCUT2D eigenvalue weighted by atomic mass is 127. The van der Waals surface area contributed by atoms with Crippen LogP contribution < -0.4 is 15.2 Å². The van der Waals surface area contributed by atoms with Crippen molar-refractivity contribution in [2.75, 3.05) is 12.5 Å². The number of nitrogens with zero attached hydrogens (tertiary/aromatic N) is 3. The van der Waals surface area contributed by atoms with Crippen molar-refractivity contribution >= 4 is 51.2 Å². The molecule has 0 fully saturated rings. The molecule has 0 bridgehead atoms. The van der Waals surface area contributed by atoms with E-state index in [4.69, 9.17) is 20.2 Å². The molecule has 0 aliphatic carbocycles. The van der Waals surface area contributed by atoms with Gasteiger partial charge in [-0.25, -0.2) is 9.97 Å². The van der Waals surface area contributed by atoms with E-state index in [-0.39, 0.29) is 6.79 Å². The van der Waals surface area contributed by atoms with Crippen LogP contribution in [0.15, 0.2) is 34.4 Å². The molecule has 0 radical (unpaired) electrons. The predicted molar refractivity (Wildman–Crippen MR) is 129 cm³/mol. The van der Waals surface area contributed by atoms with Crippen molar-refractivity contribution in [3.63, 3.8) is 0 Å². The molecule has 1 aliphatic rings. The van der Waals surface area contributed by atoms with E-state index in [1.54, 1.807) is 18.0 Å². The van der Waals surface area contributed by atoms with Crippen LogP contribution in [-0.2, 0) is 6.54 Å². The second-order valence-electron chi connectivity index (χ2n) is 7.53. The van der Waals surface area contributed by atoms with Crippen LogP contribution in [0, 0.1) is 9.49 Å². The third-order valence-electron chi connectivity index (χ3n) is 5.69. The van der Waals surface area contributed by atoms with Crippen LogP contribution in [-0.4, -0.2) is 21.3 Å². The molecule has 6 nitrogen and oxygen atoms in total. The molecule has 0 saturated heterocycles. The Hall–Kier alpha value is -1.68. The van der Waals surface area contributed by atoms with Gasteiger partial charge in [-0.05, 0) is 53.1 Å². The van der Waals surface area contributed by atoms with Crippen molar-refractivity contribution in [2.45, 2.75) is 62.5 Å². The van der Waals surface area contributed by atoms with Gasteiger partial charge in [0.05, 0.1) is 5.52 Å². The highest BCUT2D eigenvalue weighted by molar-refractivity contribution is 14.1. The van der Waals surface area contributed by atoms with Crippen LogP contribution >= 0.6 is 34.4 Å². The summed E-state index contributed by atoms with van der Waals surface area (Å²) < 4.78 is 14.5. The lowest BCUT2D eigenvalue weighted by molar-refractivity contribution is 0.174. The Labute approximate surface area is 195 Å². The quantitative estimate of drug-likeness (QED) is 0.262. The molecule has 8 heteroatoms. The van der Waals surface area contributed by atoms with Crippen LogP contribution in [0.5, 0.6) is 11.5 Å². The third-order valence-corrected chi connectivity index (χ3v) is 8.00. The number of aromatic nitrogens is 3. The van der Waals surface area contributed by atoms with E-state index >= 15 is 0 Å². The molecule has 0 saturated carbocycles. The molecule has 1 aliphatic heterocycles. The van der Waals surface area contributed by atoms with E-state index < -0.39 is 0 Å². The topological polar surface area (TPSA) is 75.2 Å². The van der Waals surface area contributed by atoms with Crippen molar-refractivity contribution in [1.29, 1.82) is 0 Å². The number of nitrogens with two attached hydrogens (primary N) is 1. The number of ether oxygens (including phenoxy) is 2. The van der Waals surface area contributed by atoms with Gasteiger partial charge in [-0.1, -0.05) is 51.3 Å². The van der Waals surface area contributed by atoms with Crippen LogP contribution in [0.3, 0.4) is 0 Å². The second-order valence-corrected chi connectivity index (χ2v) is 9.70.